The van der Waals surface area contributed by atoms with Crippen LogP contribution in [0, 0.1) is 13.8 Å². The topological polar surface area (TPSA) is 105 Å². The zero-order valence-corrected chi connectivity index (χ0v) is 30.2. The van der Waals surface area contributed by atoms with Crippen molar-refractivity contribution in [1.82, 2.24) is 10.2 Å². The van der Waals surface area contributed by atoms with E-state index in [2.05, 4.69) is 5.32 Å². The summed E-state index contributed by atoms with van der Waals surface area (Å²) in [6.45, 7) is 5.69. The minimum atomic E-state index is -4.34. The third-order valence-corrected chi connectivity index (χ3v) is 10.1. The van der Waals surface area contributed by atoms with Gasteiger partial charge >= 0.3 is 0 Å². The maximum absolute atomic E-state index is 14.7. The standard InChI is InChI=1S/C38H44ClN3O6S/c1-6-7-19-40-38(44)34(23-29-11-9-8-10-12-29)41(25-30-13-15-31(39)16-14-30)37(43)26-42(32-21-27(2)20-28(3)22-32)49(45,46)33-17-18-35(47-4)36(24-33)48-5/h8-18,20-22,24,34H,6-7,19,23,25-26H2,1-5H3,(H,40,44)/t34-/m1/s1. The molecule has 2 amide bonds. The lowest BCUT2D eigenvalue weighted by Gasteiger charge is -2.34. The molecule has 0 spiro atoms. The Balaban J connectivity index is 1.84. The van der Waals surface area contributed by atoms with Crippen LogP contribution in [0.5, 0.6) is 11.5 Å². The smallest absolute Gasteiger partial charge is 0.264 e. The van der Waals surface area contributed by atoms with Gasteiger partial charge in [-0.2, -0.15) is 0 Å². The average molecular weight is 706 g/mol. The number of nitrogens with zero attached hydrogens (tertiary/aromatic N) is 2. The molecule has 49 heavy (non-hydrogen) atoms. The number of ether oxygens (including phenoxy) is 2. The number of hydrogen-bond donors (Lipinski definition) is 1. The van der Waals surface area contributed by atoms with E-state index >= 15 is 0 Å². The second-order valence-electron chi connectivity index (χ2n) is 11.9. The maximum atomic E-state index is 14.7. The lowest BCUT2D eigenvalue weighted by molar-refractivity contribution is -0.140. The molecule has 1 N–H and O–H groups in total. The van der Waals surface area contributed by atoms with E-state index in [0.717, 1.165) is 39.4 Å². The van der Waals surface area contributed by atoms with E-state index in [-0.39, 0.29) is 29.5 Å². The summed E-state index contributed by atoms with van der Waals surface area (Å²) in [4.78, 5) is 30.0. The number of carbonyl (C=O) groups is 2. The van der Waals surface area contributed by atoms with Crippen molar-refractivity contribution in [2.75, 3.05) is 31.6 Å². The van der Waals surface area contributed by atoms with Gasteiger partial charge in [-0.25, -0.2) is 8.42 Å². The van der Waals surface area contributed by atoms with Crippen LogP contribution in [0.4, 0.5) is 5.69 Å². The van der Waals surface area contributed by atoms with Crippen LogP contribution in [-0.2, 0) is 32.6 Å². The quantitative estimate of drug-likeness (QED) is 0.130. The summed E-state index contributed by atoms with van der Waals surface area (Å²) in [5.74, 6) is -0.279. The normalized spacial score (nSPS) is 11.8. The summed E-state index contributed by atoms with van der Waals surface area (Å²) in [5.41, 5.74) is 3.56. The van der Waals surface area contributed by atoms with Gasteiger partial charge in [0.15, 0.2) is 11.5 Å². The number of benzene rings is 4. The van der Waals surface area contributed by atoms with E-state index < -0.39 is 28.5 Å². The van der Waals surface area contributed by atoms with E-state index in [1.807, 2.05) is 57.2 Å². The number of aryl methyl sites for hydroxylation is 2. The monoisotopic (exact) mass is 705 g/mol. The van der Waals surface area contributed by atoms with Crippen LogP contribution in [0.15, 0.2) is 95.9 Å². The third-order valence-electron chi connectivity index (χ3n) is 8.08. The molecule has 0 aliphatic carbocycles. The first-order valence-electron chi connectivity index (χ1n) is 16.2. The second-order valence-corrected chi connectivity index (χ2v) is 14.2. The van der Waals surface area contributed by atoms with E-state index in [4.69, 9.17) is 21.1 Å². The number of nitrogens with one attached hydrogen (secondary N) is 1. The predicted molar refractivity (Wildman–Crippen MR) is 194 cm³/mol. The fourth-order valence-electron chi connectivity index (χ4n) is 5.57. The van der Waals surface area contributed by atoms with Crippen LogP contribution < -0.4 is 19.1 Å². The molecule has 0 bridgehead atoms. The summed E-state index contributed by atoms with van der Waals surface area (Å²) in [5, 5.41) is 3.53. The Hall–Kier alpha value is -4.54. The molecular weight excluding hydrogens is 662 g/mol. The van der Waals surface area contributed by atoms with Gasteiger partial charge in [0, 0.05) is 30.6 Å². The summed E-state index contributed by atoms with van der Waals surface area (Å²) >= 11 is 6.18. The highest BCUT2D eigenvalue weighted by Gasteiger charge is 2.35. The number of anilines is 1. The Morgan fingerprint density at radius 2 is 1.49 bits per heavy atom. The highest BCUT2D eigenvalue weighted by Crippen LogP contribution is 2.33. The van der Waals surface area contributed by atoms with Crippen molar-refractivity contribution in [3.05, 3.63) is 118 Å². The summed E-state index contributed by atoms with van der Waals surface area (Å²) in [6.07, 6.45) is 1.89. The van der Waals surface area contributed by atoms with Crippen molar-refractivity contribution in [3.8, 4) is 11.5 Å². The number of hydrogen-bond acceptors (Lipinski definition) is 6. The van der Waals surface area contributed by atoms with Crippen molar-refractivity contribution in [2.45, 2.75) is 57.5 Å². The number of carbonyl (C=O) groups excluding carboxylic acids is 2. The fraction of sp³-hybridized carbons (Fsp3) is 0.316. The van der Waals surface area contributed by atoms with E-state index in [1.165, 1.54) is 37.3 Å². The molecule has 0 heterocycles. The highest BCUT2D eigenvalue weighted by atomic mass is 35.5. The third kappa shape index (κ3) is 9.77. The Kier molecular flexibility index (Phi) is 13.1. The Labute approximate surface area is 294 Å². The van der Waals surface area contributed by atoms with Crippen LogP contribution in [0.2, 0.25) is 5.02 Å². The summed E-state index contributed by atoms with van der Waals surface area (Å²) < 4.78 is 40.9. The zero-order chi connectivity index (χ0) is 35.6. The first kappa shape index (κ1) is 37.3. The molecule has 0 aliphatic rings. The van der Waals surface area contributed by atoms with Crippen molar-refractivity contribution >= 4 is 39.1 Å². The molecule has 11 heteroatoms. The molecule has 0 radical (unpaired) electrons. The second kappa shape index (κ2) is 17.2. The number of rotatable bonds is 16. The molecule has 4 aromatic rings. The number of halogens is 1. The molecule has 0 unspecified atom stereocenters. The van der Waals surface area contributed by atoms with Gasteiger partial charge in [-0.1, -0.05) is 73.5 Å². The van der Waals surface area contributed by atoms with E-state index in [1.54, 1.807) is 36.4 Å². The molecule has 0 saturated heterocycles. The van der Waals surface area contributed by atoms with E-state index in [9.17, 15) is 18.0 Å². The van der Waals surface area contributed by atoms with Gasteiger partial charge < -0.3 is 19.7 Å². The fourth-order valence-corrected chi connectivity index (χ4v) is 7.11. The van der Waals surface area contributed by atoms with Crippen LogP contribution in [0.3, 0.4) is 0 Å². The lowest BCUT2D eigenvalue weighted by Crippen LogP contribution is -2.53. The first-order valence-corrected chi connectivity index (χ1v) is 18.0. The summed E-state index contributed by atoms with van der Waals surface area (Å²) in [6, 6.07) is 25.2. The van der Waals surface area contributed by atoms with Gasteiger partial charge in [0.1, 0.15) is 12.6 Å². The van der Waals surface area contributed by atoms with Crippen molar-refractivity contribution in [3.63, 3.8) is 0 Å². The number of unbranched alkanes of at least 4 members (excludes halogenated alkanes) is 1. The van der Waals surface area contributed by atoms with Gasteiger partial charge in [0.2, 0.25) is 11.8 Å². The van der Waals surface area contributed by atoms with Gasteiger partial charge in [0.05, 0.1) is 24.8 Å². The van der Waals surface area contributed by atoms with Crippen molar-refractivity contribution in [2.24, 2.45) is 0 Å². The Morgan fingerprint density at radius 1 is 0.837 bits per heavy atom. The molecule has 4 aromatic carbocycles. The first-order chi connectivity index (χ1) is 23.5. The molecule has 0 saturated carbocycles. The van der Waals surface area contributed by atoms with Crippen molar-refractivity contribution < 1.29 is 27.5 Å². The molecule has 4 rings (SSSR count). The maximum Gasteiger partial charge on any atom is 0.264 e. The average Bonchev–Trinajstić information content (AvgIpc) is 3.09. The molecule has 260 valence electrons. The van der Waals surface area contributed by atoms with Gasteiger partial charge in [0.25, 0.3) is 10.0 Å². The van der Waals surface area contributed by atoms with Crippen LogP contribution in [0.25, 0.3) is 0 Å². The van der Waals surface area contributed by atoms with Crippen LogP contribution in [-0.4, -0.2) is 58.5 Å². The number of amides is 2. The summed E-state index contributed by atoms with van der Waals surface area (Å²) in [7, 11) is -1.45. The molecule has 1 atom stereocenters. The number of methoxy groups -OCH3 is 2. The van der Waals surface area contributed by atoms with Gasteiger partial charge in [-0.15, -0.1) is 0 Å². The van der Waals surface area contributed by atoms with Crippen LogP contribution in [0.1, 0.15) is 42.0 Å². The lowest BCUT2D eigenvalue weighted by atomic mass is 10.0. The molecule has 0 aromatic heterocycles. The SMILES string of the molecule is CCCCNC(=O)[C@@H](Cc1ccccc1)N(Cc1ccc(Cl)cc1)C(=O)CN(c1cc(C)cc(C)c1)S(=O)(=O)c1ccc(OC)c(OC)c1. The molecular formula is C38H44ClN3O6S. The van der Waals surface area contributed by atoms with Crippen molar-refractivity contribution in [1.29, 1.82) is 0 Å². The largest absolute Gasteiger partial charge is 0.493 e. The van der Waals surface area contributed by atoms with E-state index in [0.29, 0.717) is 23.0 Å². The highest BCUT2D eigenvalue weighted by molar-refractivity contribution is 7.92. The zero-order valence-electron chi connectivity index (χ0n) is 28.6. The molecule has 0 fully saturated rings. The Morgan fingerprint density at radius 3 is 2.10 bits per heavy atom. The predicted octanol–water partition coefficient (Wildman–Crippen LogP) is 6.73. The minimum Gasteiger partial charge on any atom is -0.493 e. The Bertz CT molecular complexity index is 1810. The van der Waals surface area contributed by atoms with Crippen LogP contribution >= 0.6 is 11.6 Å². The molecule has 0 aliphatic heterocycles. The number of sulfonamides is 1. The van der Waals surface area contributed by atoms with Gasteiger partial charge in [-0.3, -0.25) is 13.9 Å². The van der Waals surface area contributed by atoms with Gasteiger partial charge in [-0.05, 0) is 78.9 Å². The minimum absolute atomic E-state index is 0.0474. The molecule has 9 nitrogen and oxygen atoms in total.